The number of amides is 1. The first-order valence-corrected chi connectivity index (χ1v) is 5.20. The summed E-state index contributed by atoms with van der Waals surface area (Å²) in [5.41, 5.74) is 0.385. The van der Waals surface area contributed by atoms with Gasteiger partial charge in [-0.15, -0.1) is 0 Å². The molecule has 0 aliphatic carbocycles. The summed E-state index contributed by atoms with van der Waals surface area (Å²) in [5, 5.41) is 20.3. The number of nitriles is 1. The normalized spacial score (nSPS) is 11.4. The third-order valence-electron chi connectivity index (χ3n) is 1.96. The molecule has 0 unspecified atom stereocenters. The first kappa shape index (κ1) is 13.0. The molecule has 1 aromatic carbocycles. The van der Waals surface area contributed by atoms with Gasteiger partial charge in [-0.1, -0.05) is 12.1 Å². The molecule has 17 heavy (non-hydrogen) atoms. The maximum Gasteiger partial charge on any atom is 0.258 e. The predicted octanol–water partition coefficient (Wildman–Crippen LogP) is 0.434. The van der Waals surface area contributed by atoms with Crippen molar-refractivity contribution in [3.05, 3.63) is 29.8 Å². The van der Waals surface area contributed by atoms with E-state index in [0.717, 1.165) is 0 Å². The second kappa shape index (κ2) is 6.51. The number of ether oxygens (including phenoxy) is 1. The molecule has 0 aliphatic rings. The van der Waals surface area contributed by atoms with E-state index in [9.17, 15) is 4.79 Å². The van der Waals surface area contributed by atoms with Gasteiger partial charge in [0.2, 0.25) is 0 Å². The Labute approximate surface area is 99.6 Å². The van der Waals surface area contributed by atoms with Gasteiger partial charge < -0.3 is 15.2 Å². The molecule has 0 bridgehead atoms. The molecule has 5 nitrogen and oxygen atoms in total. The Kier molecular flexibility index (Phi) is 4.98. The molecule has 1 aromatic rings. The molecule has 90 valence electrons. The van der Waals surface area contributed by atoms with E-state index >= 15 is 0 Å². The zero-order valence-corrected chi connectivity index (χ0v) is 9.51. The van der Waals surface area contributed by atoms with Crippen LogP contribution in [0.2, 0.25) is 0 Å². The van der Waals surface area contributed by atoms with Crippen LogP contribution in [-0.2, 0) is 4.79 Å². The minimum Gasteiger partial charge on any atom is -0.482 e. The first-order chi connectivity index (χ1) is 8.13. The van der Waals surface area contributed by atoms with Crippen LogP contribution in [0, 0.1) is 11.3 Å². The number of carbonyl (C=O) groups excluding carboxylic acids is 1. The van der Waals surface area contributed by atoms with E-state index in [2.05, 4.69) is 5.32 Å². The summed E-state index contributed by atoms with van der Waals surface area (Å²) in [7, 11) is 0. The highest BCUT2D eigenvalue weighted by atomic mass is 16.5. The highest BCUT2D eigenvalue weighted by Gasteiger charge is 2.06. The number of nitrogens with one attached hydrogen (secondary N) is 1. The summed E-state index contributed by atoms with van der Waals surface area (Å²) in [6.07, 6.45) is -0.592. The van der Waals surface area contributed by atoms with Crippen molar-refractivity contribution in [1.82, 2.24) is 5.32 Å². The summed E-state index contributed by atoms with van der Waals surface area (Å²) in [5.74, 6) is 0.0424. The molecular weight excluding hydrogens is 220 g/mol. The van der Waals surface area contributed by atoms with Crippen molar-refractivity contribution in [2.45, 2.75) is 13.0 Å². The molecule has 0 heterocycles. The van der Waals surface area contributed by atoms with Crippen molar-refractivity contribution in [2.75, 3.05) is 13.2 Å². The number of nitrogens with zero attached hydrogens (tertiary/aromatic N) is 1. The molecule has 1 rings (SSSR count). The van der Waals surface area contributed by atoms with Crippen LogP contribution in [0.15, 0.2) is 24.3 Å². The highest BCUT2D eigenvalue weighted by molar-refractivity contribution is 5.77. The smallest absolute Gasteiger partial charge is 0.258 e. The Bertz CT molecular complexity index is 424. The molecule has 0 fully saturated rings. The third-order valence-corrected chi connectivity index (χ3v) is 1.96. The van der Waals surface area contributed by atoms with Gasteiger partial charge in [0.25, 0.3) is 5.91 Å². The Balaban J connectivity index is 2.45. The van der Waals surface area contributed by atoms with Crippen LogP contribution in [0.5, 0.6) is 5.75 Å². The van der Waals surface area contributed by atoms with Crippen molar-refractivity contribution in [2.24, 2.45) is 0 Å². The number of aliphatic hydroxyl groups is 1. The van der Waals surface area contributed by atoms with Crippen LogP contribution in [0.3, 0.4) is 0 Å². The van der Waals surface area contributed by atoms with Crippen molar-refractivity contribution in [3.8, 4) is 11.8 Å². The Hall–Kier alpha value is -2.06. The number of hydrogen-bond donors (Lipinski definition) is 2. The lowest BCUT2D eigenvalue weighted by Gasteiger charge is -2.09. The van der Waals surface area contributed by atoms with Crippen LogP contribution in [-0.4, -0.2) is 30.3 Å². The van der Waals surface area contributed by atoms with E-state index in [0.29, 0.717) is 11.3 Å². The highest BCUT2D eigenvalue weighted by Crippen LogP contribution is 2.15. The van der Waals surface area contributed by atoms with Crippen molar-refractivity contribution in [1.29, 1.82) is 5.26 Å². The molecule has 1 amide bonds. The number of benzene rings is 1. The molecular formula is C12H14N2O3. The summed E-state index contributed by atoms with van der Waals surface area (Å²) in [6.45, 7) is 1.58. The van der Waals surface area contributed by atoms with Gasteiger partial charge in [-0.2, -0.15) is 5.26 Å². The second-order valence-corrected chi connectivity index (χ2v) is 3.55. The maximum absolute atomic E-state index is 11.3. The fraction of sp³-hybridized carbons (Fsp3) is 0.333. The van der Waals surface area contributed by atoms with Crippen LogP contribution >= 0.6 is 0 Å². The number of aliphatic hydroxyl groups excluding tert-OH is 1. The van der Waals surface area contributed by atoms with Crippen molar-refractivity contribution in [3.63, 3.8) is 0 Å². The number of carbonyl (C=O) groups is 1. The quantitative estimate of drug-likeness (QED) is 0.774. The average molecular weight is 234 g/mol. The SMILES string of the molecule is C[C@H](O)CNC(=O)COc1ccccc1C#N. The van der Waals surface area contributed by atoms with Gasteiger partial charge in [0.05, 0.1) is 11.7 Å². The summed E-state index contributed by atoms with van der Waals surface area (Å²) in [6, 6.07) is 8.66. The average Bonchev–Trinajstić information content (AvgIpc) is 2.34. The number of hydrogen-bond acceptors (Lipinski definition) is 4. The number of para-hydroxylation sites is 1. The lowest BCUT2D eigenvalue weighted by molar-refractivity contribution is -0.123. The Morgan fingerprint density at radius 2 is 2.29 bits per heavy atom. The molecule has 0 saturated carbocycles. The summed E-state index contributed by atoms with van der Waals surface area (Å²) >= 11 is 0. The molecule has 0 radical (unpaired) electrons. The monoisotopic (exact) mass is 234 g/mol. The van der Waals surface area contributed by atoms with Gasteiger partial charge in [-0.05, 0) is 19.1 Å². The van der Waals surface area contributed by atoms with E-state index in [1.165, 1.54) is 0 Å². The predicted molar refractivity (Wildman–Crippen MR) is 61.3 cm³/mol. The fourth-order valence-electron chi connectivity index (χ4n) is 1.14. The lowest BCUT2D eigenvalue weighted by Crippen LogP contribution is -2.34. The third kappa shape index (κ3) is 4.53. The van der Waals surface area contributed by atoms with Gasteiger partial charge in [-0.3, -0.25) is 4.79 Å². The second-order valence-electron chi connectivity index (χ2n) is 3.55. The molecule has 2 N–H and O–H groups in total. The Morgan fingerprint density at radius 3 is 2.94 bits per heavy atom. The zero-order chi connectivity index (χ0) is 12.7. The topological polar surface area (TPSA) is 82.3 Å². The molecule has 0 saturated heterocycles. The molecule has 1 atom stereocenters. The van der Waals surface area contributed by atoms with Gasteiger partial charge in [0.15, 0.2) is 6.61 Å². The lowest BCUT2D eigenvalue weighted by atomic mass is 10.2. The molecule has 0 aliphatic heterocycles. The summed E-state index contributed by atoms with van der Waals surface area (Å²) < 4.78 is 5.21. The zero-order valence-electron chi connectivity index (χ0n) is 9.51. The van der Waals surface area contributed by atoms with E-state index < -0.39 is 6.10 Å². The largest absolute Gasteiger partial charge is 0.482 e. The van der Waals surface area contributed by atoms with Crippen molar-refractivity contribution >= 4 is 5.91 Å². The van der Waals surface area contributed by atoms with Crippen LogP contribution in [0.1, 0.15) is 12.5 Å². The van der Waals surface area contributed by atoms with Gasteiger partial charge >= 0.3 is 0 Å². The molecule has 5 heteroatoms. The van der Waals surface area contributed by atoms with Gasteiger partial charge in [-0.25, -0.2) is 0 Å². The Morgan fingerprint density at radius 1 is 1.59 bits per heavy atom. The maximum atomic E-state index is 11.3. The first-order valence-electron chi connectivity index (χ1n) is 5.20. The van der Waals surface area contributed by atoms with Gasteiger partial charge in [0, 0.05) is 6.54 Å². The van der Waals surface area contributed by atoms with Crippen LogP contribution < -0.4 is 10.1 Å². The minimum atomic E-state index is -0.592. The summed E-state index contributed by atoms with van der Waals surface area (Å²) in [4.78, 5) is 11.3. The van der Waals surface area contributed by atoms with E-state index in [4.69, 9.17) is 15.1 Å². The molecule has 0 spiro atoms. The number of rotatable bonds is 5. The van der Waals surface area contributed by atoms with E-state index in [1.54, 1.807) is 31.2 Å². The fourth-order valence-corrected chi connectivity index (χ4v) is 1.14. The van der Waals surface area contributed by atoms with Crippen molar-refractivity contribution < 1.29 is 14.6 Å². The standard InChI is InChI=1S/C12H14N2O3/c1-9(15)7-14-12(16)8-17-11-5-3-2-4-10(11)6-13/h2-5,9,15H,7-8H2,1H3,(H,14,16)/t9-/m0/s1. The molecule has 0 aromatic heterocycles. The van der Waals surface area contributed by atoms with E-state index in [1.807, 2.05) is 6.07 Å². The van der Waals surface area contributed by atoms with Crippen LogP contribution in [0.4, 0.5) is 0 Å². The van der Waals surface area contributed by atoms with E-state index in [-0.39, 0.29) is 19.1 Å². The van der Waals surface area contributed by atoms with Crippen LogP contribution in [0.25, 0.3) is 0 Å². The minimum absolute atomic E-state index is 0.175. The van der Waals surface area contributed by atoms with Gasteiger partial charge in [0.1, 0.15) is 11.8 Å².